The molecule has 2 rings (SSSR count). The molecule has 0 aliphatic rings. The van der Waals surface area contributed by atoms with E-state index in [2.05, 4.69) is 25.1 Å². The highest BCUT2D eigenvalue weighted by Gasteiger charge is 2.03. The van der Waals surface area contributed by atoms with E-state index in [1.165, 1.54) is 36.8 Å². The summed E-state index contributed by atoms with van der Waals surface area (Å²) in [5.41, 5.74) is 3.61. The van der Waals surface area contributed by atoms with Gasteiger partial charge in [-0.1, -0.05) is 74.7 Å². The Morgan fingerprint density at radius 3 is 2.29 bits per heavy atom. The zero-order valence-corrected chi connectivity index (χ0v) is 12.7. The second-order valence-electron chi connectivity index (χ2n) is 5.40. The van der Waals surface area contributed by atoms with Crippen LogP contribution in [0.3, 0.4) is 0 Å². The lowest BCUT2D eigenvalue weighted by Gasteiger charge is -2.09. The highest BCUT2D eigenvalue weighted by Crippen LogP contribution is 2.24. The first-order chi connectivity index (χ1) is 10.3. The summed E-state index contributed by atoms with van der Waals surface area (Å²) in [7, 11) is 0. The molecule has 2 aromatic rings. The summed E-state index contributed by atoms with van der Waals surface area (Å²) in [5.74, 6) is -0.177. The largest absolute Gasteiger partial charge is 0.207 e. The van der Waals surface area contributed by atoms with Gasteiger partial charge in [0.05, 0.1) is 0 Å². The van der Waals surface area contributed by atoms with E-state index in [-0.39, 0.29) is 5.82 Å². The molecule has 0 saturated heterocycles. The molecular formula is C20H23F. The van der Waals surface area contributed by atoms with E-state index in [1.54, 1.807) is 12.1 Å². The van der Waals surface area contributed by atoms with Gasteiger partial charge >= 0.3 is 0 Å². The van der Waals surface area contributed by atoms with Crippen molar-refractivity contribution in [2.45, 2.75) is 39.0 Å². The van der Waals surface area contributed by atoms with Gasteiger partial charge in [0.2, 0.25) is 0 Å². The second kappa shape index (κ2) is 8.41. The molecule has 0 aromatic heterocycles. The summed E-state index contributed by atoms with van der Waals surface area (Å²) < 4.78 is 13.1. The Hall–Kier alpha value is -1.89. The number of halogens is 1. The van der Waals surface area contributed by atoms with Gasteiger partial charge in [-0.25, -0.2) is 4.39 Å². The molecule has 0 unspecified atom stereocenters. The van der Waals surface area contributed by atoms with E-state index in [0.29, 0.717) is 0 Å². The third-order valence-electron chi connectivity index (χ3n) is 3.66. The monoisotopic (exact) mass is 282 g/mol. The molecule has 2 aromatic carbocycles. The predicted molar refractivity (Wildman–Crippen MR) is 89.5 cm³/mol. The van der Waals surface area contributed by atoms with Crippen LogP contribution in [0.5, 0.6) is 0 Å². The third kappa shape index (κ3) is 5.18. The van der Waals surface area contributed by atoms with Crippen LogP contribution >= 0.6 is 0 Å². The average Bonchev–Trinajstić information content (AvgIpc) is 2.52. The summed E-state index contributed by atoms with van der Waals surface area (Å²) in [6.45, 7) is 2.22. The summed E-state index contributed by atoms with van der Waals surface area (Å²) in [5, 5.41) is 0. The van der Waals surface area contributed by atoms with Crippen LogP contribution in [-0.2, 0) is 0 Å². The first kappa shape index (κ1) is 15.5. The maximum Gasteiger partial charge on any atom is 0.123 e. The number of unbranched alkanes of at least 4 members (excludes halogenated alkanes) is 3. The van der Waals surface area contributed by atoms with Gasteiger partial charge in [-0.3, -0.25) is 0 Å². The van der Waals surface area contributed by atoms with E-state index in [4.69, 9.17) is 0 Å². The fourth-order valence-corrected chi connectivity index (χ4v) is 2.46. The van der Waals surface area contributed by atoms with E-state index >= 15 is 0 Å². The maximum absolute atomic E-state index is 13.1. The number of benzene rings is 2. The van der Waals surface area contributed by atoms with Crippen molar-refractivity contribution in [1.82, 2.24) is 0 Å². The number of hydrogen-bond donors (Lipinski definition) is 0. The minimum atomic E-state index is -0.177. The van der Waals surface area contributed by atoms with Gasteiger partial charge in [0.25, 0.3) is 0 Å². The number of allylic oxidation sites excluding steroid dienone is 1. The van der Waals surface area contributed by atoms with Crippen LogP contribution in [0.15, 0.2) is 54.6 Å². The van der Waals surface area contributed by atoms with E-state index in [9.17, 15) is 4.39 Å². The molecule has 0 N–H and O–H groups in total. The minimum Gasteiger partial charge on any atom is -0.207 e. The lowest BCUT2D eigenvalue weighted by Crippen LogP contribution is -1.87. The first-order valence-corrected chi connectivity index (χ1v) is 7.81. The normalized spacial score (nSPS) is 11.6. The Morgan fingerprint density at radius 2 is 1.62 bits per heavy atom. The minimum absolute atomic E-state index is 0.177. The molecule has 21 heavy (non-hydrogen) atoms. The van der Waals surface area contributed by atoms with Gasteiger partial charge in [0.1, 0.15) is 5.82 Å². The summed E-state index contributed by atoms with van der Waals surface area (Å²) in [6, 6.07) is 17.2. The maximum atomic E-state index is 13.1. The zero-order valence-electron chi connectivity index (χ0n) is 12.7. The molecule has 0 saturated carbocycles. The lowest BCUT2D eigenvalue weighted by atomic mass is 9.97. The van der Waals surface area contributed by atoms with Gasteiger partial charge in [0, 0.05) is 0 Å². The highest BCUT2D eigenvalue weighted by molar-refractivity contribution is 5.81. The van der Waals surface area contributed by atoms with Crippen LogP contribution in [0.2, 0.25) is 0 Å². The molecular weight excluding hydrogens is 259 g/mol. The summed E-state index contributed by atoms with van der Waals surface area (Å²) >= 11 is 0. The van der Waals surface area contributed by atoms with Crippen molar-refractivity contribution in [3.8, 4) is 0 Å². The second-order valence-corrected chi connectivity index (χ2v) is 5.40. The molecule has 110 valence electrons. The van der Waals surface area contributed by atoms with Crippen molar-refractivity contribution in [2.75, 3.05) is 0 Å². The molecule has 0 aliphatic carbocycles. The Balaban J connectivity index is 2.17. The van der Waals surface area contributed by atoms with Crippen molar-refractivity contribution >= 4 is 11.6 Å². The Labute approximate surface area is 127 Å². The number of rotatable bonds is 7. The smallest absolute Gasteiger partial charge is 0.123 e. The van der Waals surface area contributed by atoms with E-state index in [1.807, 2.05) is 30.3 Å². The molecule has 0 bridgehead atoms. The molecule has 0 heterocycles. The predicted octanol–water partition coefficient (Wildman–Crippen LogP) is 6.34. The van der Waals surface area contributed by atoms with Crippen molar-refractivity contribution in [1.29, 1.82) is 0 Å². The highest BCUT2D eigenvalue weighted by atomic mass is 19.1. The lowest BCUT2D eigenvalue weighted by molar-refractivity contribution is 0.627. The van der Waals surface area contributed by atoms with Gasteiger partial charge in [-0.15, -0.1) is 0 Å². The van der Waals surface area contributed by atoms with Crippen molar-refractivity contribution < 1.29 is 4.39 Å². The average molecular weight is 282 g/mol. The molecule has 0 nitrogen and oxygen atoms in total. The van der Waals surface area contributed by atoms with Crippen molar-refractivity contribution in [3.05, 3.63) is 71.5 Å². The van der Waals surface area contributed by atoms with Crippen molar-refractivity contribution in [3.63, 3.8) is 0 Å². The zero-order chi connectivity index (χ0) is 14.9. The molecule has 0 spiro atoms. The Bertz CT molecular complexity index is 552. The first-order valence-electron chi connectivity index (χ1n) is 7.81. The standard InChI is InChI=1S/C20H23F/c1-2-3-4-8-11-19(16-17-9-6-5-7-10-17)18-12-14-20(21)15-13-18/h5-7,9-10,12-16H,2-4,8,11H2,1H3/b19-16+. The molecule has 1 heteroatoms. The topological polar surface area (TPSA) is 0 Å². The fraction of sp³-hybridized carbons (Fsp3) is 0.300. The fourth-order valence-electron chi connectivity index (χ4n) is 2.46. The summed E-state index contributed by atoms with van der Waals surface area (Å²) in [4.78, 5) is 0. The van der Waals surface area contributed by atoms with Gasteiger partial charge in [0.15, 0.2) is 0 Å². The Morgan fingerprint density at radius 1 is 0.905 bits per heavy atom. The molecule has 0 atom stereocenters. The number of hydrogen-bond acceptors (Lipinski definition) is 0. The van der Waals surface area contributed by atoms with Crippen LogP contribution in [0.4, 0.5) is 4.39 Å². The van der Waals surface area contributed by atoms with Crippen LogP contribution in [-0.4, -0.2) is 0 Å². The van der Waals surface area contributed by atoms with Crippen molar-refractivity contribution in [2.24, 2.45) is 0 Å². The third-order valence-corrected chi connectivity index (χ3v) is 3.66. The van der Waals surface area contributed by atoms with E-state index in [0.717, 1.165) is 12.0 Å². The molecule has 0 amide bonds. The molecule has 0 fully saturated rings. The van der Waals surface area contributed by atoms with Crippen LogP contribution in [0.1, 0.15) is 50.2 Å². The Kier molecular flexibility index (Phi) is 6.21. The quantitative estimate of drug-likeness (QED) is 0.411. The molecule has 0 radical (unpaired) electrons. The van der Waals surface area contributed by atoms with Crippen LogP contribution < -0.4 is 0 Å². The van der Waals surface area contributed by atoms with Crippen LogP contribution in [0.25, 0.3) is 11.6 Å². The van der Waals surface area contributed by atoms with Crippen LogP contribution in [0, 0.1) is 5.82 Å². The van der Waals surface area contributed by atoms with E-state index < -0.39 is 0 Å². The van der Waals surface area contributed by atoms with Gasteiger partial charge < -0.3 is 0 Å². The summed E-state index contributed by atoms with van der Waals surface area (Å²) in [6.07, 6.45) is 8.23. The van der Waals surface area contributed by atoms with Gasteiger partial charge in [-0.2, -0.15) is 0 Å². The SMILES string of the molecule is CCCCCC/C(=C\c1ccccc1)c1ccc(F)cc1. The molecule has 0 aliphatic heterocycles. The van der Waals surface area contributed by atoms with Gasteiger partial charge in [-0.05, 0) is 41.7 Å².